The molecule has 0 aliphatic rings. The van der Waals surface area contributed by atoms with Crippen LogP contribution in [0.15, 0.2) is 60.0 Å². The van der Waals surface area contributed by atoms with Crippen LogP contribution < -0.4 is 10.9 Å². The van der Waals surface area contributed by atoms with E-state index in [1.165, 1.54) is 11.3 Å². The molecule has 0 atom stereocenters. The minimum Gasteiger partial charge on any atom is -0.331 e. The summed E-state index contributed by atoms with van der Waals surface area (Å²) in [6.45, 7) is 0. The molecule has 0 saturated carbocycles. The van der Waals surface area contributed by atoms with Gasteiger partial charge in [-0.1, -0.05) is 42.5 Å². The van der Waals surface area contributed by atoms with Gasteiger partial charge in [-0.25, -0.2) is 9.97 Å². The molecule has 29 heavy (non-hydrogen) atoms. The van der Waals surface area contributed by atoms with Gasteiger partial charge >= 0.3 is 0 Å². The molecule has 146 valence electrons. The molecular formula is C21H19N5O2S. The molecule has 0 aliphatic heterocycles. The summed E-state index contributed by atoms with van der Waals surface area (Å²) in [4.78, 5) is 33.3. The van der Waals surface area contributed by atoms with Gasteiger partial charge in [0.15, 0.2) is 0 Å². The Labute approximate surface area is 171 Å². The molecule has 0 aliphatic carbocycles. The maximum Gasteiger partial charge on any atom is 0.245 e. The SMILES string of the molecule is Cn1c(CC(=O)NNC(=O)Cc2csc(-c3ccccc3)n2)nc2ccccc21. The topological polar surface area (TPSA) is 88.9 Å². The van der Waals surface area contributed by atoms with Crippen LogP contribution in [-0.2, 0) is 29.5 Å². The van der Waals surface area contributed by atoms with E-state index in [1.807, 2.05) is 71.6 Å². The number of aromatic nitrogens is 3. The van der Waals surface area contributed by atoms with E-state index in [1.54, 1.807) is 0 Å². The number of thiazole rings is 1. The van der Waals surface area contributed by atoms with E-state index in [0.29, 0.717) is 11.5 Å². The number of nitrogens with zero attached hydrogens (tertiary/aromatic N) is 3. The fourth-order valence-corrected chi connectivity index (χ4v) is 3.82. The van der Waals surface area contributed by atoms with Crippen molar-refractivity contribution in [3.8, 4) is 10.6 Å². The maximum atomic E-state index is 12.2. The summed E-state index contributed by atoms with van der Waals surface area (Å²) in [5.74, 6) is -0.0294. The minimum absolute atomic E-state index is 0.0698. The zero-order valence-electron chi connectivity index (χ0n) is 15.8. The van der Waals surface area contributed by atoms with Crippen LogP contribution in [-0.4, -0.2) is 26.3 Å². The third kappa shape index (κ3) is 4.33. The number of amides is 2. The first-order chi connectivity index (χ1) is 14.1. The van der Waals surface area contributed by atoms with Crippen LogP contribution in [0.3, 0.4) is 0 Å². The molecule has 4 rings (SSSR count). The van der Waals surface area contributed by atoms with Crippen molar-refractivity contribution in [3.63, 3.8) is 0 Å². The number of imidazole rings is 1. The van der Waals surface area contributed by atoms with Gasteiger partial charge in [0, 0.05) is 18.0 Å². The number of hydrogen-bond acceptors (Lipinski definition) is 5. The molecule has 2 aromatic heterocycles. The van der Waals surface area contributed by atoms with Gasteiger partial charge in [-0.05, 0) is 12.1 Å². The van der Waals surface area contributed by atoms with Gasteiger partial charge in [-0.3, -0.25) is 20.4 Å². The monoisotopic (exact) mass is 405 g/mol. The van der Waals surface area contributed by atoms with E-state index in [2.05, 4.69) is 20.8 Å². The van der Waals surface area contributed by atoms with Gasteiger partial charge in [0.25, 0.3) is 0 Å². The number of hydrogen-bond donors (Lipinski definition) is 2. The average Bonchev–Trinajstić information content (AvgIpc) is 3.32. The predicted molar refractivity (Wildman–Crippen MR) is 112 cm³/mol. The molecule has 0 fully saturated rings. The fourth-order valence-electron chi connectivity index (χ4n) is 2.99. The Kier molecular flexibility index (Phi) is 5.35. The number of benzene rings is 2. The zero-order chi connectivity index (χ0) is 20.2. The number of aryl methyl sites for hydroxylation is 1. The lowest BCUT2D eigenvalue weighted by Gasteiger charge is -2.07. The molecule has 0 unspecified atom stereocenters. The molecule has 0 saturated heterocycles. The Morgan fingerprint density at radius 3 is 2.38 bits per heavy atom. The van der Waals surface area contributed by atoms with Crippen LogP contribution in [0.1, 0.15) is 11.5 Å². The first-order valence-corrected chi connectivity index (χ1v) is 9.96. The van der Waals surface area contributed by atoms with Crippen LogP contribution in [0.2, 0.25) is 0 Å². The number of carbonyl (C=O) groups excluding carboxylic acids is 2. The molecule has 2 heterocycles. The number of para-hydroxylation sites is 2. The van der Waals surface area contributed by atoms with Crippen molar-refractivity contribution in [2.45, 2.75) is 12.8 Å². The Morgan fingerprint density at radius 2 is 1.62 bits per heavy atom. The molecule has 0 spiro atoms. The lowest BCUT2D eigenvalue weighted by Crippen LogP contribution is -2.43. The molecular weight excluding hydrogens is 386 g/mol. The normalized spacial score (nSPS) is 10.8. The van der Waals surface area contributed by atoms with E-state index >= 15 is 0 Å². The summed E-state index contributed by atoms with van der Waals surface area (Å²) in [5, 5.41) is 2.71. The van der Waals surface area contributed by atoms with Gasteiger partial charge in [-0.2, -0.15) is 0 Å². The number of carbonyl (C=O) groups is 2. The molecule has 2 amide bonds. The highest BCUT2D eigenvalue weighted by molar-refractivity contribution is 7.13. The second kappa shape index (κ2) is 8.24. The van der Waals surface area contributed by atoms with Crippen LogP contribution in [0.5, 0.6) is 0 Å². The maximum absolute atomic E-state index is 12.2. The third-order valence-electron chi connectivity index (χ3n) is 4.45. The van der Waals surface area contributed by atoms with Crippen molar-refractivity contribution in [1.82, 2.24) is 25.4 Å². The quantitative estimate of drug-likeness (QED) is 0.500. The van der Waals surface area contributed by atoms with Gasteiger partial charge in [-0.15, -0.1) is 11.3 Å². The number of rotatable bonds is 5. The molecule has 0 bridgehead atoms. The van der Waals surface area contributed by atoms with Crippen LogP contribution in [0, 0.1) is 0 Å². The fraction of sp³-hybridized carbons (Fsp3) is 0.143. The standard InChI is InChI=1S/C21H19N5O2S/c1-26-17-10-6-5-9-16(17)23-18(26)12-20(28)25-24-19(27)11-15-13-29-21(22-15)14-7-3-2-4-8-14/h2-10,13H,11-12H2,1H3,(H,24,27)(H,25,28). The highest BCUT2D eigenvalue weighted by Crippen LogP contribution is 2.23. The van der Waals surface area contributed by atoms with Crippen LogP contribution in [0.4, 0.5) is 0 Å². The highest BCUT2D eigenvalue weighted by atomic mass is 32.1. The zero-order valence-corrected chi connectivity index (χ0v) is 16.6. The van der Waals surface area contributed by atoms with Crippen molar-refractivity contribution >= 4 is 34.2 Å². The first kappa shape index (κ1) is 18.8. The van der Waals surface area contributed by atoms with Crippen molar-refractivity contribution in [2.75, 3.05) is 0 Å². The largest absolute Gasteiger partial charge is 0.331 e. The van der Waals surface area contributed by atoms with Crippen molar-refractivity contribution in [1.29, 1.82) is 0 Å². The second-order valence-electron chi connectivity index (χ2n) is 6.54. The van der Waals surface area contributed by atoms with Gasteiger partial charge in [0.05, 0.1) is 29.6 Å². The van der Waals surface area contributed by atoms with Crippen molar-refractivity contribution in [2.24, 2.45) is 7.05 Å². The van der Waals surface area contributed by atoms with Crippen LogP contribution >= 0.6 is 11.3 Å². The summed E-state index contributed by atoms with van der Waals surface area (Å²) >= 11 is 1.48. The Morgan fingerprint density at radius 1 is 0.931 bits per heavy atom. The summed E-state index contributed by atoms with van der Waals surface area (Å²) in [7, 11) is 1.86. The second-order valence-corrected chi connectivity index (χ2v) is 7.39. The lowest BCUT2D eigenvalue weighted by molar-refractivity contribution is -0.128. The van der Waals surface area contributed by atoms with Gasteiger partial charge < -0.3 is 4.57 Å². The first-order valence-electron chi connectivity index (χ1n) is 9.08. The lowest BCUT2D eigenvalue weighted by atomic mass is 10.2. The van der Waals surface area contributed by atoms with E-state index in [0.717, 1.165) is 21.6 Å². The average molecular weight is 405 g/mol. The summed E-state index contributed by atoms with van der Waals surface area (Å²) in [6, 6.07) is 17.5. The predicted octanol–water partition coefficient (Wildman–Crippen LogP) is 2.63. The molecule has 2 aromatic carbocycles. The van der Waals surface area contributed by atoms with E-state index < -0.39 is 0 Å². The number of fused-ring (bicyclic) bond motifs is 1. The number of hydrazine groups is 1. The minimum atomic E-state index is -0.333. The smallest absolute Gasteiger partial charge is 0.245 e. The van der Waals surface area contributed by atoms with Crippen molar-refractivity contribution in [3.05, 3.63) is 71.5 Å². The van der Waals surface area contributed by atoms with Gasteiger partial charge in [0.2, 0.25) is 11.8 Å². The summed E-state index contributed by atoms with van der Waals surface area (Å²) in [6.07, 6.45) is 0.163. The molecule has 4 aromatic rings. The summed E-state index contributed by atoms with van der Waals surface area (Å²) in [5.41, 5.74) is 8.35. The van der Waals surface area contributed by atoms with E-state index in [-0.39, 0.29) is 24.7 Å². The molecule has 0 radical (unpaired) electrons. The van der Waals surface area contributed by atoms with E-state index in [9.17, 15) is 9.59 Å². The Bertz CT molecular complexity index is 1170. The Hall–Kier alpha value is -3.52. The van der Waals surface area contributed by atoms with Crippen LogP contribution in [0.25, 0.3) is 21.6 Å². The Balaban J connectivity index is 1.31. The third-order valence-corrected chi connectivity index (χ3v) is 5.39. The van der Waals surface area contributed by atoms with Gasteiger partial charge in [0.1, 0.15) is 10.8 Å². The molecule has 2 N–H and O–H groups in total. The van der Waals surface area contributed by atoms with E-state index in [4.69, 9.17) is 0 Å². The number of nitrogens with one attached hydrogen (secondary N) is 2. The highest BCUT2D eigenvalue weighted by Gasteiger charge is 2.13. The molecule has 8 heteroatoms. The molecule has 7 nitrogen and oxygen atoms in total. The summed E-state index contributed by atoms with van der Waals surface area (Å²) < 4.78 is 1.87. The van der Waals surface area contributed by atoms with Crippen molar-refractivity contribution < 1.29 is 9.59 Å².